The van der Waals surface area contributed by atoms with Gasteiger partial charge in [-0.3, -0.25) is 9.59 Å². The summed E-state index contributed by atoms with van der Waals surface area (Å²) in [7, 11) is 1.78. The molecule has 0 aromatic carbocycles. The molecule has 2 rings (SSSR count). The van der Waals surface area contributed by atoms with E-state index in [0.29, 0.717) is 19.6 Å². The summed E-state index contributed by atoms with van der Waals surface area (Å²) in [5, 5.41) is 16.2. The number of urea groups is 1. The lowest BCUT2D eigenvalue weighted by Gasteiger charge is -2.45. The third-order valence-electron chi connectivity index (χ3n) is 10.4. The summed E-state index contributed by atoms with van der Waals surface area (Å²) in [4.78, 5) is 40.5. The minimum Gasteiger partial charge on any atom is -0.481 e. The van der Waals surface area contributed by atoms with E-state index in [1.807, 2.05) is 13.8 Å². The first-order valence-electron chi connectivity index (χ1n) is 19.2. The van der Waals surface area contributed by atoms with Gasteiger partial charge in [-0.2, -0.15) is 0 Å². The van der Waals surface area contributed by atoms with Crippen LogP contribution < -0.4 is 10.6 Å². The van der Waals surface area contributed by atoms with Crippen LogP contribution in [0.3, 0.4) is 0 Å². The molecule has 0 aromatic heterocycles. The van der Waals surface area contributed by atoms with Crippen LogP contribution in [0.4, 0.5) is 4.79 Å². The lowest BCUT2D eigenvalue weighted by molar-refractivity contribution is -0.304. The van der Waals surface area contributed by atoms with Crippen molar-refractivity contribution in [2.45, 2.75) is 181 Å². The van der Waals surface area contributed by atoms with Gasteiger partial charge in [0.2, 0.25) is 5.91 Å². The van der Waals surface area contributed by atoms with E-state index >= 15 is 0 Å². The number of rotatable bonds is 23. The van der Waals surface area contributed by atoms with Crippen molar-refractivity contribution < 1.29 is 29.0 Å². The van der Waals surface area contributed by atoms with E-state index < -0.39 is 29.2 Å². The molecule has 4 unspecified atom stereocenters. The van der Waals surface area contributed by atoms with Gasteiger partial charge in [0.15, 0.2) is 5.79 Å². The van der Waals surface area contributed by atoms with E-state index in [2.05, 4.69) is 17.6 Å². The fraction of sp³-hybridized carbons (Fsp3) is 0.921. The Labute approximate surface area is 287 Å². The van der Waals surface area contributed by atoms with Gasteiger partial charge in [-0.05, 0) is 39.0 Å². The van der Waals surface area contributed by atoms with Gasteiger partial charge < -0.3 is 30.1 Å². The van der Waals surface area contributed by atoms with E-state index in [4.69, 9.17) is 9.47 Å². The molecule has 2 aliphatic rings. The van der Waals surface area contributed by atoms with Crippen LogP contribution in [0.1, 0.15) is 163 Å². The molecule has 3 amide bonds. The van der Waals surface area contributed by atoms with Gasteiger partial charge in [-0.1, -0.05) is 130 Å². The Bertz CT molecular complexity index is 910. The smallest absolute Gasteiger partial charge is 0.317 e. The number of aliphatic carboxylic acids is 1. The van der Waals surface area contributed by atoms with Crippen molar-refractivity contribution in [3.05, 3.63) is 0 Å². The largest absolute Gasteiger partial charge is 0.481 e. The summed E-state index contributed by atoms with van der Waals surface area (Å²) in [6.07, 6.45) is 23.6. The van der Waals surface area contributed by atoms with E-state index in [0.717, 1.165) is 32.1 Å². The summed E-state index contributed by atoms with van der Waals surface area (Å²) in [6.45, 7) is 10.6. The van der Waals surface area contributed by atoms with Crippen molar-refractivity contribution in [2.75, 3.05) is 26.7 Å². The maximum Gasteiger partial charge on any atom is 0.317 e. The van der Waals surface area contributed by atoms with Gasteiger partial charge in [0, 0.05) is 31.6 Å². The normalized spacial score (nSPS) is 22.7. The van der Waals surface area contributed by atoms with Gasteiger partial charge in [-0.25, -0.2) is 4.79 Å². The second-order valence-corrected chi connectivity index (χ2v) is 15.5. The summed E-state index contributed by atoms with van der Waals surface area (Å²) in [5.41, 5.74) is -0.545. The van der Waals surface area contributed by atoms with Gasteiger partial charge >= 0.3 is 12.0 Å². The van der Waals surface area contributed by atoms with Gasteiger partial charge in [0.05, 0.1) is 12.5 Å². The quantitative estimate of drug-likeness (QED) is 0.0943. The number of hydrogen-bond acceptors (Lipinski definition) is 5. The van der Waals surface area contributed by atoms with Gasteiger partial charge in [0.25, 0.3) is 0 Å². The summed E-state index contributed by atoms with van der Waals surface area (Å²) < 4.78 is 11.7. The lowest BCUT2D eigenvalue weighted by Crippen LogP contribution is -2.57. The molecule has 2 fully saturated rings. The van der Waals surface area contributed by atoms with Crippen LogP contribution in [0.25, 0.3) is 0 Å². The number of unbranched alkanes of at least 4 members (excludes halogenated alkanes) is 15. The fourth-order valence-electron chi connectivity index (χ4n) is 7.28. The first kappa shape index (κ1) is 41.3. The van der Waals surface area contributed by atoms with Gasteiger partial charge in [0.1, 0.15) is 6.10 Å². The number of carbonyl (C=O) groups excluding carboxylic acids is 2. The van der Waals surface area contributed by atoms with Crippen LogP contribution in [-0.4, -0.2) is 72.6 Å². The summed E-state index contributed by atoms with van der Waals surface area (Å²) >= 11 is 0. The first-order chi connectivity index (χ1) is 22.4. The molecule has 0 spiro atoms. The molecular weight excluding hydrogens is 594 g/mol. The maximum absolute atomic E-state index is 13.2. The Balaban J connectivity index is 1.66. The Morgan fingerprint density at radius 2 is 1.30 bits per heavy atom. The molecule has 47 heavy (non-hydrogen) atoms. The number of amides is 3. The highest BCUT2D eigenvalue weighted by atomic mass is 16.7. The van der Waals surface area contributed by atoms with Crippen molar-refractivity contribution in [1.29, 1.82) is 0 Å². The van der Waals surface area contributed by atoms with Crippen LogP contribution >= 0.6 is 0 Å². The number of nitrogens with zero attached hydrogens (tertiary/aromatic N) is 1. The number of hydrogen-bond donors (Lipinski definition) is 3. The molecule has 1 saturated carbocycles. The maximum atomic E-state index is 13.2. The highest BCUT2D eigenvalue weighted by molar-refractivity contribution is 5.82. The highest BCUT2D eigenvalue weighted by Crippen LogP contribution is 2.36. The van der Waals surface area contributed by atoms with Crippen LogP contribution in [0.5, 0.6) is 0 Å². The molecule has 0 radical (unpaired) electrons. The van der Waals surface area contributed by atoms with Crippen LogP contribution in [0, 0.1) is 17.3 Å². The zero-order chi connectivity index (χ0) is 34.7. The van der Waals surface area contributed by atoms with Crippen molar-refractivity contribution in [1.82, 2.24) is 15.5 Å². The molecule has 3 N–H and O–H groups in total. The Morgan fingerprint density at radius 3 is 1.83 bits per heavy atom. The fourth-order valence-corrected chi connectivity index (χ4v) is 7.28. The predicted molar refractivity (Wildman–Crippen MR) is 189 cm³/mol. The molecular formula is C38H71N3O6. The summed E-state index contributed by atoms with van der Waals surface area (Å²) in [6, 6.07) is -0.335. The molecule has 9 heteroatoms. The van der Waals surface area contributed by atoms with Crippen molar-refractivity contribution in [3.8, 4) is 0 Å². The Hall–Kier alpha value is -1.87. The number of nitrogens with one attached hydrogen (secondary N) is 2. The van der Waals surface area contributed by atoms with Gasteiger partial charge in [-0.15, -0.1) is 0 Å². The number of carboxylic acid groups (broad SMARTS) is 1. The summed E-state index contributed by atoms with van der Waals surface area (Å²) in [5.74, 6) is -3.20. The average molecular weight is 666 g/mol. The molecule has 0 bridgehead atoms. The highest BCUT2D eigenvalue weighted by Gasteiger charge is 2.46. The molecule has 274 valence electrons. The van der Waals surface area contributed by atoms with Crippen molar-refractivity contribution in [3.63, 3.8) is 0 Å². The molecule has 1 aliphatic heterocycles. The van der Waals surface area contributed by atoms with E-state index in [1.165, 1.54) is 89.9 Å². The third-order valence-corrected chi connectivity index (χ3v) is 10.4. The molecule has 1 heterocycles. The van der Waals surface area contributed by atoms with E-state index in [9.17, 15) is 19.5 Å². The Morgan fingerprint density at radius 1 is 0.787 bits per heavy atom. The second-order valence-electron chi connectivity index (χ2n) is 15.5. The van der Waals surface area contributed by atoms with Crippen LogP contribution in [0.2, 0.25) is 0 Å². The van der Waals surface area contributed by atoms with Crippen LogP contribution in [-0.2, 0) is 19.1 Å². The number of carbonyl (C=O) groups is 3. The van der Waals surface area contributed by atoms with Crippen molar-refractivity contribution >= 4 is 17.9 Å². The SMILES string of the molecule is CCCCCCCCCCCCCCCCCCNC(=O)N(C)C1CCCCC1C(CNC(=O)C1OC(C)(C)OCC1(C)C)C(=O)O. The minimum absolute atomic E-state index is 0.00120. The molecule has 1 saturated heterocycles. The molecule has 4 atom stereocenters. The van der Waals surface area contributed by atoms with E-state index in [-0.39, 0.29) is 30.4 Å². The number of carboxylic acids is 1. The van der Waals surface area contributed by atoms with E-state index in [1.54, 1.807) is 25.8 Å². The topological polar surface area (TPSA) is 117 Å². The zero-order valence-electron chi connectivity index (χ0n) is 31.0. The first-order valence-corrected chi connectivity index (χ1v) is 19.2. The molecule has 9 nitrogen and oxygen atoms in total. The average Bonchev–Trinajstić information content (AvgIpc) is 3.03. The molecule has 0 aromatic rings. The second kappa shape index (κ2) is 22.0. The monoisotopic (exact) mass is 666 g/mol. The lowest BCUT2D eigenvalue weighted by atomic mass is 9.75. The minimum atomic E-state index is -0.948. The Kier molecular flexibility index (Phi) is 19.3. The standard InChI is InChI=1S/C38H71N3O6/c1-7-8-9-10-11-12-13-14-15-16-17-18-19-20-21-24-27-39-36(45)41(6)32-26-23-22-25-30(32)31(35(43)44)28-40-34(42)33-37(2,3)29-46-38(4,5)47-33/h30-33H,7-29H2,1-6H3,(H,39,45)(H,40,42)(H,43,44). The molecule has 1 aliphatic carbocycles. The predicted octanol–water partition coefficient (Wildman–Crippen LogP) is 8.44. The number of ether oxygens (including phenoxy) is 2. The zero-order valence-corrected chi connectivity index (χ0v) is 31.0. The third kappa shape index (κ3) is 15.5. The van der Waals surface area contributed by atoms with Crippen molar-refractivity contribution in [2.24, 2.45) is 17.3 Å². The van der Waals surface area contributed by atoms with Crippen LogP contribution in [0.15, 0.2) is 0 Å².